The monoisotopic (exact) mass is 606 g/mol. The van der Waals surface area contributed by atoms with Gasteiger partial charge in [-0.2, -0.15) is 0 Å². The second-order valence-electron chi connectivity index (χ2n) is 10.5. The molecule has 2 N–H and O–H groups in total. The van der Waals surface area contributed by atoms with Gasteiger partial charge in [0.1, 0.15) is 17.6 Å². The zero-order valence-corrected chi connectivity index (χ0v) is 25.5. The number of aliphatic hydroxyl groups is 1. The number of halogens is 2. The molecule has 8 nitrogen and oxygen atoms in total. The lowest BCUT2D eigenvalue weighted by Crippen LogP contribution is -2.31. The van der Waals surface area contributed by atoms with Crippen molar-refractivity contribution >= 4 is 40.7 Å². The van der Waals surface area contributed by atoms with Crippen LogP contribution in [-0.4, -0.2) is 46.7 Å². The van der Waals surface area contributed by atoms with Crippen LogP contribution >= 0.6 is 23.2 Å². The van der Waals surface area contributed by atoms with E-state index in [1.807, 2.05) is 58.0 Å². The summed E-state index contributed by atoms with van der Waals surface area (Å²) in [6.07, 6.45) is 0. The van der Waals surface area contributed by atoms with Crippen molar-refractivity contribution in [1.82, 2.24) is 14.9 Å². The second kappa shape index (κ2) is 11.8. The molecule has 2 amide bonds. The van der Waals surface area contributed by atoms with Gasteiger partial charge in [0.15, 0.2) is 5.69 Å². The van der Waals surface area contributed by atoms with Gasteiger partial charge >= 0.3 is 0 Å². The first kappa shape index (κ1) is 29.6. The standard InChI is InChI=1S/C32H32Cl2N4O4/c1-17(2)37-29-27(36-30(37)24-10-7-20(15-26(24)42-5)31(40)35-12-13-39)32(41)38(25-16-22(34)8-6-18(25)3)28(29)23-11-9-21(33)14-19(23)4/h6-11,14-17,28,39H,12-13H2,1-5H3,(H,35,40). The zero-order chi connectivity index (χ0) is 30.3. The molecule has 5 rings (SSSR count). The Balaban J connectivity index is 1.74. The molecule has 2 heterocycles. The SMILES string of the molecule is COc1cc(C(=O)NCCO)ccc1-c1nc2c(n1C(C)C)C(c1ccc(Cl)cc1C)N(c1cc(Cl)ccc1C)C2=O. The normalized spacial score (nSPS) is 14.5. The number of carbonyl (C=O) groups is 2. The average Bonchev–Trinajstić information content (AvgIpc) is 3.48. The molecule has 42 heavy (non-hydrogen) atoms. The highest BCUT2D eigenvalue weighted by Gasteiger charge is 2.45. The minimum absolute atomic E-state index is 0.0863. The predicted octanol–water partition coefficient (Wildman–Crippen LogP) is 6.54. The van der Waals surface area contributed by atoms with Gasteiger partial charge in [0, 0.05) is 33.9 Å². The smallest absolute Gasteiger partial charge is 0.279 e. The van der Waals surface area contributed by atoms with Gasteiger partial charge in [-0.25, -0.2) is 4.98 Å². The number of amides is 2. The number of fused-ring (bicyclic) bond motifs is 1. The highest BCUT2D eigenvalue weighted by molar-refractivity contribution is 6.31. The third kappa shape index (κ3) is 5.15. The number of anilines is 1. The lowest BCUT2D eigenvalue weighted by atomic mass is 9.97. The minimum Gasteiger partial charge on any atom is -0.496 e. The van der Waals surface area contributed by atoms with Gasteiger partial charge in [0.25, 0.3) is 11.8 Å². The number of hydrogen-bond donors (Lipinski definition) is 2. The molecule has 1 aromatic heterocycles. The summed E-state index contributed by atoms with van der Waals surface area (Å²) in [7, 11) is 1.53. The molecule has 0 saturated carbocycles. The quantitative estimate of drug-likeness (QED) is 0.237. The maximum Gasteiger partial charge on any atom is 0.279 e. The lowest BCUT2D eigenvalue weighted by Gasteiger charge is -2.30. The Hall–Kier alpha value is -3.85. The largest absolute Gasteiger partial charge is 0.496 e. The summed E-state index contributed by atoms with van der Waals surface area (Å²) >= 11 is 12.8. The molecular formula is C32H32Cl2N4O4. The van der Waals surface area contributed by atoms with Crippen LogP contribution in [0.1, 0.15) is 69.2 Å². The van der Waals surface area contributed by atoms with E-state index in [0.717, 1.165) is 22.4 Å². The summed E-state index contributed by atoms with van der Waals surface area (Å²) < 4.78 is 7.78. The summed E-state index contributed by atoms with van der Waals surface area (Å²) in [6, 6.07) is 15.7. The van der Waals surface area contributed by atoms with Crippen molar-refractivity contribution < 1.29 is 19.4 Å². The van der Waals surface area contributed by atoms with Gasteiger partial charge in [-0.1, -0.05) is 35.3 Å². The van der Waals surface area contributed by atoms with Crippen LogP contribution in [0.3, 0.4) is 0 Å². The van der Waals surface area contributed by atoms with Gasteiger partial charge in [0.2, 0.25) is 0 Å². The summed E-state index contributed by atoms with van der Waals surface area (Å²) in [5, 5.41) is 12.9. The first-order chi connectivity index (χ1) is 20.1. The van der Waals surface area contributed by atoms with Crippen LogP contribution in [0.5, 0.6) is 5.75 Å². The van der Waals surface area contributed by atoms with Gasteiger partial charge in [-0.05, 0) is 86.8 Å². The van der Waals surface area contributed by atoms with E-state index in [1.165, 1.54) is 7.11 Å². The summed E-state index contributed by atoms with van der Waals surface area (Å²) in [6.45, 7) is 7.99. The maximum atomic E-state index is 14.3. The van der Waals surface area contributed by atoms with Crippen LogP contribution in [0, 0.1) is 13.8 Å². The predicted molar refractivity (Wildman–Crippen MR) is 165 cm³/mol. The molecule has 1 aliphatic rings. The van der Waals surface area contributed by atoms with Crippen LogP contribution in [0.25, 0.3) is 11.4 Å². The Morgan fingerprint density at radius 1 is 1.05 bits per heavy atom. The number of imidazole rings is 1. The van der Waals surface area contributed by atoms with Crippen molar-refractivity contribution in [3.63, 3.8) is 0 Å². The molecule has 218 valence electrons. The van der Waals surface area contributed by atoms with E-state index in [2.05, 4.69) is 9.88 Å². The van der Waals surface area contributed by atoms with Crippen molar-refractivity contribution in [2.45, 2.75) is 39.8 Å². The number of carbonyl (C=O) groups excluding carboxylic acids is 2. The van der Waals surface area contributed by atoms with E-state index in [1.54, 1.807) is 29.2 Å². The summed E-state index contributed by atoms with van der Waals surface area (Å²) in [4.78, 5) is 33.6. The Labute approximate surface area is 254 Å². The fourth-order valence-electron chi connectivity index (χ4n) is 5.54. The first-order valence-corrected chi connectivity index (χ1v) is 14.4. The Morgan fingerprint density at radius 3 is 2.43 bits per heavy atom. The molecule has 10 heteroatoms. The van der Waals surface area contributed by atoms with E-state index in [-0.39, 0.29) is 31.0 Å². The molecule has 1 unspecified atom stereocenters. The molecule has 1 atom stereocenters. The number of benzene rings is 3. The molecule has 0 saturated heterocycles. The minimum atomic E-state index is -0.500. The number of ether oxygens (including phenoxy) is 1. The van der Waals surface area contributed by atoms with Crippen molar-refractivity contribution in [1.29, 1.82) is 0 Å². The van der Waals surface area contributed by atoms with Crippen molar-refractivity contribution in [3.05, 3.63) is 98.3 Å². The lowest BCUT2D eigenvalue weighted by molar-refractivity contribution is 0.0943. The molecule has 0 aliphatic carbocycles. The number of rotatable bonds is 8. The fraction of sp³-hybridized carbons (Fsp3) is 0.281. The van der Waals surface area contributed by atoms with Gasteiger partial charge < -0.3 is 19.7 Å². The van der Waals surface area contributed by atoms with E-state index in [0.29, 0.717) is 44.1 Å². The molecule has 0 radical (unpaired) electrons. The van der Waals surface area contributed by atoms with Crippen molar-refractivity contribution in [3.8, 4) is 17.1 Å². The highest BCUT2D eigenvalue weighted by atomic mass is 35.5. The number of methoxy groups -OCH3 is 1. The van der Waals surface area contributed by atoms with Gasteiger partial charge in [-0.3, -0.25) is 14.5 Å². The average molecular weight is 608 g/mol. The van der Waals surface area contributed by atoms with Gasteiger partial charge in [0.05, 0.1) is 25.0 Å². The second-order valence-corrected chi connectivity index (χ2v) is 11.4. The molecule has 1 aliphatic heterocycles. The number of nitrogens with one attached hydrogen (secondary N) is 1. The van der Waals surface area contributed by atoms with Crippen LogP contribution in [0.15, 0.2) is 54.6 Å². The summed E-state index contributed by atoms with van der Waals surface area (Å²) in [5.41, 5.74) is 5.58. The maximum absolute atomic E-state index is 14.3. The van der Waals surface area contributed by atoms with Crippen LogP contribution < -0.4 is 15.0 Å². The summed E-state index contributed by atoms with van der Waals surface area (Å²) in [5.74, 6) is 0.423. The zero-order valence-electron chi connectivity index (χ0n) is 24.0. The van der Waals surface area contributed by atoms with Crippen LogP contribution in [0.2, 0.25) is 10.0 Å². The fourth-order valence-corrected chi connectivity index (χ4v) is 5.93. The number of aryl methyl sites for hydroxylation is 2. The number of nitrogens with zero attached hydrogens (tertiary/aromatic N) is 3. The number of aliphatic hydroxyl groups excluding tert-OH is 1. The van der Waals surface area contributed by atoms with Crippen LogP contribution in [-0.2, 0) is 0 Å². The van der Waals surface area contributed by atoms with Crippen LogP contribution in [0.4, 0.5) is 5.69 Å². The first-order valence-electron chi connectivity index (χ1n) is 13.6. The van der Waals surface area contributed by atoms with Crippen molar-refractivity contribution in [2.75, 3.05) is 25.2 Å². The Morgan fingerprint density at radius 2 is 1.76 bits per heavy atom. The highest BCUT2D eigenvalue weighted by Crippen LogP contribution is 2.47. The van der Waals surface area contributed by atoms with E-state index >= 15 is 0 Å². The van der Waals surface area contributed by atoms with Crippen molar-refractivity contribution in [2.24, 2.45) is 0 Å². The Bertz CT molecular complexity index is 1700. The third-order valence-corrected chi connectivity index (χ3v) is 7.93. The molecule has 0 fully saturated rings. The molecule has 0 spiro atoms. The molecule has 4 aromatic rings. The molecule has 3 aromatic carbocycles. The van der Waals surface area contributed by atoms with E-state index in [4.69, 9.17) is 38.0 Å². The number of hydrogen-bond acceptors (Lipinski definition) is 5. The van der Waals surface area contributed by atoms with E-state index in [9.17, 15) is 9.59 Å². The molecular weight excluding hydrogens is 575 g/mol. The van der Waals surface area contributed by atoms with E-state index < -0.39 is 6.04 Å². The Kier molecular flexibility index (Phi) is 8.32. The van der Waals surface area contributed by atoms with Gasteiger partial charge in [-0.15, -0.1) is 0 Å². The third-order valence-electron chi connectivity index (χ3n) is 7.46. The topological polar surface area (TPSA) is 96.7 Å². The number of aromatic nitrogens is 2. The molecule has 0 bridgehead atoms.